The minimum absolute atomic E-state index is 0.151. The Hall–Kier alpha value is -0.870. The number of aromatic nitrogens is 2. The molecule has 0 bridgehead atoms. The second kappa shape index (κ2) is 3.86. The van der Waals surface area contributed by atoms with Gasteiger partial charge in [-0.2, -0.15) is 0 Å². The van der Waals surface area contributed by atoms with Gasteiger partial charge in [0.2, 0.25) is 0 Å². The Bertz CT molecular complexity index is 373. The van der Waals surface area contributed by atoms with Crippen LogP contribution in [0.1, 0.15) is 30.7 Å². The molecule has 1 aromatic heterocycles. The molecule has 4 heteroatoms. The van der Waals surface area contributed by atoms with Crippen LogP contribution in [0.2, 0.25) is 0 Å². The van der Waals surface area contributed by atoms with Gasteiger partial charge in [-0.1, -0.05) is 0 Å². The van der Waals surface area contributed by atoms with E-state index in [-0.39, 0.29) is 5.54 Å². The summed E-state index contributed by atoms with van der Waals surface area (Å²) in [6, 6.07) is 0. The number of hydrogen-bond acceptors (Lipinski definition) is 3. The fourth-order valence-corrected chi connectivity index (χ4v) is 3.12. The Morgan fingerprint density at radius 2 is 2.31 bits per heavy atom. The maximum atomic E-state index is 4.56. The highest BCUT2D eigenvalue weighted by Gasteiger charge is 2.39. The minimum Gasteiger partial charge on any atom is -0.348 e. The number of imidazole rings is 1. The van der Waals surface area contributed by atoms with Crippen molar-refractivity contribution >= 4 is 0 Å². The topological polar surface area (TPSA) is 44.0 Å². The lowest BCUT2D eigenvalue weighted by Gasteiger charge is -2.36. The number of aromatic amines is 1. The molecule has 0 aromatic carbocycles. The van der Waals surface area contributed by atoms with Gasteiger partial charge in [0.05, 0.1) is 17.6 Å². The highest BCUT2D eigenvalue weighted by molar-refractivity contribution is 5.25. The standard InChI is InChI=1S/C12H20N4/c1-16-7-2-4-12(5-8-16)11-10(3-6-15-12)13-9-14-11/h9,15H,2-8H2,1H3,(H,13,14). The van der Waals surface area contributed by atoms with Gasteiger partial charge in [0, 0.05) is 18.7 Å². The smallest absolute Gasteiger partial charge is 0.0926 e. The average Bonchev–Trinajstić information content (AvgIpc) is 2.69. The molecule has 0 saturated carbocycles. The normalized spacial score (nSPS) is 31.3. The summed E-state index contributed by atoms with van der Waals surface area (Å²) >= 11 is 0. The summed E-state index contributed by atoms with van der Waals surface area (Å²) < 4.78 is 0. The lowest BCUT2D eigenvalue weighted by Crippen LogP contribution is -2.48. The second-order valence-corrected chi connectivity index (χ2v) is 5.15. The molecule has 0 amide bonds. The number of rotatable bonds is 0. The van der Waals surface area contributed by atoms with Crippen LogP contribution < -0.4 is 5.32 Å². The summed E-state index contributed by atoms with van der Waals surface area (Å²) in [4.78, 5) is 10.3. The summed E-state index contributed by atoms with van der Waals surface area (Å²) in [5, 5.41) is 3.73. The van der Waals surface area contributed by atoms with E-state index in [1.165, 1.54) is 43.7 Å². The Kier molecular flexibility index (Phi) is 2.48. The van der Waals surface area contributed by atoms with E-state index in [1.807, 2.05) is 6.33 Å². The molecule has 1 fully saturated rings. The van der Waals surface area contributed by atoms with Crippen LogP contribution in [0, 0.1) is 0 Å². The third kappa shape index (κ3) is 1.57. The zero-order chi connectivity index (χ0) is 11.0. The molecule has 2 N–H and O–H groups in total. The summed E-state index contributed by atoms with van der Waals surface area (Å²) in [5.74, 6) is 0. The monoisotopic (exact) mass is 220 g/mol. The van der Waals surface area contributed by atoms with E-state index in [4.69, 9.17) is 0 Å². The highest BCUT2D eigenvalue weighted by Crippen LogP contribution is 2.35. The van der Waals surface area contributed by atoms with Crippen LogP contribution in [0.25, 0.3) is 0 Å². The van der Waals surface area contributed by atoms with Crippen LogP contribution in [-0.2, 0) is 12.0 Å². The molecule has 88 valence electrons. The predicted molar refractivity (Wildman–Crippen MR) is 63.3 cm³/mol. The highest BCUT2D eigenvalue weighted by atomic mass is 15.1. The molecule has 1 unspecified atom stereocenters. The quantitative estimate of drug-likeness (QED) is 0.682. The van der Waals surface area contributed by atoms with Gasteiger partial charge in [0.15, 0.2) is 0 Å². The maximum Gasteiger partial charge on any atom is 0.0926 e. The van der Waals surface area contributed by atoms with Gasteiger partial charge in [-0.15, -0.1) is 0 Å². The minimum atomic E-state index is 0.151. The van der Waals surface area contributed by atoms with Crippen molar-refractivity contribution in [2.45, 2.75) is 31.2 Å². The summed E-state index contributed by atoms with van der Waals surface area (Å²) in [7, 11) is 2.22. The molecule has 3 rings (SSSR count). The van der Waals surface area contributed by atoms with Gasteiger partial charge in [0.1, 0.15) is 0 Å². The van der Waals surface area contributed by atoms with E-state index < -0.39 is 0 Å². The molecule has 1 atom stereocenters. The Labute approximate surface area is 96.4 Å². The molecule has 2 aliphatic heterocycles. The molecule has 1 aromatic rings. The zero-order valence-electron chi connectivity index (χ0n) is 9.92. The first kappa shape index (κ1) is 10.3. The van der Waals surface area contributed by atoms with Crippen LogP contribution in [0.4, 0.5) is 0 Å². The van der Waals surface area contributed by atoms with E-state index in [9.17, 15) is 0 Å². The molecule has 1 saturated heterocycles. The summed E-state index contributed by atoms with van der Waals surface area (Å²) in [6.07, 6.45) is 6.60. The fraction of sp³-hybridized carbons (Fsp3) is 0.750. The Morgan fingerprint density at radius 1 is 1.38 bits per heavy atom. The average molecular weight is 220 g/mol. The molecular weight excluding hydrogens is 200 g/mol. The molecule has 16 heavy (non-hydrogen) atoms. The van der Waals surface area contributed by atoms with Crippen molar-refractivity contribution in [3.8, 4) is 0 Å². The summed E-state index contributed by atoms with van der Waals surface area (Å²) in [5.41, 5.74) is 2.79. The molecular formula is C12H20N4. The van der Waals surface area contributed by atoms with Gasteiger partial charge in [-0.25, -0.2) is 4.98 Å². The van der Waals surface area contributed by atoms with Crippen molar-refractivity contribution in [2.24, 2.45) is 0 Å². The largest absolute Gasteiger partial charge is 0.348 e. The van der Waals surface area contributed by atoms with E-state index >= 15 is 0 Å². The van der Waals surface area contributed by atoms with Crippen LogP contribution >= 0.6 is 0 Å². The van der Waals surface area contributed by atoms with Gasteiger partial charge in [-0.3, -0.25) is 0 Å². The number of nitrogens with zero attached hydrogens (tertiary/aromatic N) is 2. The Balaban J connectivity index is 1.94. The summed E-state index contributed by atoms with van der Waals surface area (Å²) in [6.45, 7) is 3.46. The van der Waals surface area contributed by atoms with Crippen molar-refractivity contribution in [1.82, 2.24) is 20.2 Å². The first-order valence-electron chi connectivity index (χ1n) is 6.26. The molecule has 0 radical (unpaired) electrons. The maximum absolute atomic E-state index is 4.56. The van der Waals surface area contributed by atoms with Crippen molar-refractivity contribution in [3.63, 3.8) is 0 Å². The van der Waals surface area contributed by atoms with E-state index in [0.29, 0.717) is 0 Å². The molecule has 2 aliphatic rings. The Morgan fingerprint density at radius 3 is 3.25 bits per heavy atom. The van der Waals surface area contributed by atoms with Crippen molar-refractivity contribution in [3.05, 3.63) is 17.7 Å². The molecule has 4 nitrogen and oxygen atoms in total. The number of hydrogen-bond donors (Lipinski definition) is 2. The van der Waals surface area contributed by atoms with Crippen LogP contribution in [0.15, 0.2) is 6.33 Å². The van der Waals surface area contributed by atoms with E-state index in [1.54, 1.807) is 0 Å². The zero-order valence-corrected chi connectivity index (χ0v) is 9.92. The van der Waals surface area contributed by atoms with Gasteiger partial charge >= 0.3 is 0 Å². The number of H-pyrrole nitrogens is 1. The molecule has 1 spiro atoms. The SMILES string of the molecule is CN1CCCC2(CC1)NCCc1[nH]cnc12. The lowest BCUT2D eigenvalue weighted by atomic mass is 9.83. The van der Waals surface area contributed by atoms with Crippen molar-refractivity contribution in [2.75, 3.05) is 26.7 Å². The van der Waals surface area contributed by atoms with Gasteiger partial charge in [-0.05, 0) is 39.4 Å². The first-order valence-corrected chi connectivity index (χ1v) is 6.26. The lowest BCUT2D eigenvalue weighted by molar-refractivity contribution is 0.261. The third-order valence-electron chi connectivity index (χ3n) is 4.07. The van der Waals surface area contributed by atoms with Crippen LogP contribution in [0.3, 0.4) is 0 Å². The molecule has 3 heterocycles. The predicted octanol–water partition coefficient (Wildman–Crippen LogP) is 0.866. The number of nitrogens with one attached hydrogen (secondary N) is 2. The number of fused-ring (bicyclic) bond motifs is 2. The molecule has 0 aliphatic carbocycles. The fourth-order valence-electron chi connectivity index (χ4n) is 3.12. The first-order chi connectivity index (χ1) is 7.80. The number of likely N-dealkylation sites (tertiary alicyclic amines) is 1. The second-order valence-electron chi connectivity index (χ2n) is 5.15. The van der Waals surface area contributed by atoms with E-state index in [0.717, 1.165) is 13.0 Å². The van der Waals surface area contributed by atoms with Crippen LogP contribution in [0.5, 0.6) is 0 Å². The van der Waals surface area contributed by atoms with Crippen LogP contribution in [-0.4, -0.2) is 41.5 Å². The third-order valence-corrected chi connectivity index (χ3v) is 4.07. The van der Waals surface area contributed by atoms with Gasteiger partial charge in [0.25, 0.3) is 0 Å². The van der Waals surface area contributed by atoms with Crippen molar-refractivity contribution < 1.29 is 0 Å². The van der Waals surface area contributed by atoms with Gasteiger partial charge < -0.3 is 15.2 Å². The van der Waals surface area contributed by atoms with Crippen molar-refractivity contribution in [1.29, 1.82) is 0 Å². The van der Waals surface area contributed by atoms with E-state index in [2.05, 4.69) is 27.2 Å².